The van der Waals surface area contributed by atoms with Crippen LogP contribution in [0.3, 0.4) is 0 Å². The summed E-state index contributed by atoms with van der Waals surface area (Å²) in [5, 5.41) is 8.83. The zero-order chi connectivity index (χ0) is 15.5. The maximum absolute atomic E-state index is 12.1. The molecular formula is C13H14N2O4S2. The number of sulfonamides is 1. The van der Waals surface area contributed by atoms with Crippen molar-refractivity contribution in [2.75, 3.05) is 0 Å². The maximum Gasteiger partial charge on any atom is 0.345 e. The summed E-state index contributed by atoms with van der Waals surface area (Å²) in [7, 11) is -3.73. The molecule has 2 aromatic rings. The van der Waals surface area contributed by atoms with Crippen LogP contribution in [0.25, 0.3) is 0 Å². The third kappa shape index (κ3) is 3.66. The lowest BCUT2D eigenvalue weighted by Gasteiger charge is -2.07. The Morgan fingerprint density at radius 1 is 1.38 bits per heavy atom. The van der Waals surface area contributed by atoms with Gasteiger partial charge in [0.25, 0.3) is 0 Å². The zero-order valence-corrected chi connectivity index (χ0v) is 12.9. The van der Waals surface area contributed by atoms with E-state index in [9.17, 15) is 13.2 Å². The van der Waals surface area contributed by atoms with Crippen molar-refractivity contribution in [3.05, 3.63) is 46.6 Å². The van der Waals surface area contributed by atoms with Crippen molar-refractivity contribution < 1.29 is 18.3 Å². The van der Waals surface area contributed by atoms with E-state index in [0.717, 1.165) is 23.3 Å². The molecule has 0 aliphatic heterocycles. The molecule has 6 nitrogen and oxygen atoms in total. The number of rotatable bonds is 6. The van der Waals surface area contributed by atoms with Gasteiger partial charge in [-0.1, -0.05) is 13.0 Å². The standard InChI is InChI=1S/C13H14N2O4S2/c1-2-9-4-3-7-14-10(9)8-15-21(18,19)12-6-5-11(20-12)13(16)17/h3-7,15H,2,8H2,1H3,(H,16,17). The van der Waals surface area contributed by atoms with Crippen LogP contribution in [0, 0.1) is 0 Å². The molecule has 0 atom stereocenters. The number of hydrogen-bond donors (Lipinski definition) is 2. The minimum atomic E-state index is -3.73. The molecule has 0 bridgehead atoms. The number of carboxylic acid groups (broad SMARTS) is 1. The maximum atomic E-state index is 12.1. The second-order valence-corrected chi connectivity index (χ2v) is 7.29. The van der Waals surface area contributed by atoms with Gasteiger partial charge < -0.3 is 5.11 Å². The molecule has 0 amide bonds. The van der Waals surface area contributed by atoms with E-state index in [-0.39, 0.29) is 15.6 Å². The van der Waals surface area contributed by atoms with E-state index in [0.29, 0.717) is 5.69 Å². The van der Waals surface area contributed by atoms with Crippen molar-refractivity contribution in [2.24, 2.45) is 0 Å². The van der Waals surface area contributed by atoms with Gasteiger partial charge in [0, 0.05) is 6.20 Å². The van der Waals surface area contributed by atoms with Crippen molar-refractivity contribution in [3.63, 3.8) is 0 Å². The second-order valence-electron chi connectivity index (χ2n) is 4.21. The van der Waals surface area contributed by atoms with E-state index in [1.807, 2.05) is 13.0 Å². The van der Waals surface area contributed by atoms with Crippen molar-refractivity contribution in [2.45, 2.75) is 24.1 Å². The van der Waals surface area contributed by atoms with Gasteiger partial charge >= 0.3 is 5.97 Å². The number of aromatic nitrogens is 1. The summed E-state index contributed by atoms with van der Waals surface area (Å²) in [5.41, 5.74) is 1.64. The number of thiophene rings is 1. The Morgan fingerprint density at radius 2 is 2.14 bits per heavy atom. The normalized spacial score (nSPS) is 11.5. The minimum absolute atomic E-state index is 0.0116. The number of carboxylic acids is 1. The molecule has 0 aliphatic carbocycles. The Balaban J connectivity index is 2.16. The molecule has 2 heterocycles. The number of pyridine rings is 1. The predicted molar refractivity (Wildman–Crippen MR) is 78.9 cm³/mol. The number of aromatic carboxylic acids is 1. The second kappa shape index (κ2) is 6.33. The lowest BCUT2D eigenvalue weighted by Crippen LogP contribution is -2.23. The molecule has 0 aromatic carbocycles. The number of hydrogen-bond acceptors (Lipinski definition) is 5. The molecule has 2 N–H and O–H groups in total. The molecular weight excluding hydrogens is 312 g/mol. The molecule has 0 saturated carbocycles. The van der Waals surface area contributed by atoms with Crippen LogP contribution >= 0.6 is 11.3 Å². The van der Waals surface area contributed by atoms with Crippen LogP contribution in [0.5, 0.6) is 0 Å². The van der Waals surface area contributed by atoms with Gasteiger partial charge in [-0.05, 0) is 30.2 Å². The Labute approximate surface area is 126 Å². The first-order chi connectivity index (χ1) is 9.94. The fourth-order valence-electron chi connectivity index (χ4n) is 1.77. The smallest absolute Gasteiger partial charge is 0.345 e. The molecule has 0 fully saturated rings. The summed E-state index contributed by atoms with van der Waals surface area (Å²) < 4.78 is 26.7. The number of aryl methyl sites for hydroxylation is 1. The fourth-order valence-corrected chi connectivity index (χ4v) is 3.94. The van der Waals surface area contributed by atoms with E-state index in [4.69, 9.17) is 5.11 Å². The lowest BCUT2D eigenvalue weighted by molar-refractivity contribution is 0.0702. The van der Waals surface area contributed by atoms with E-state index in [2.05, 4.69) is 9.71 Å². The number of carbonyl (C=O) groups is 1. The van der Waals surface area contributed by atoms with Gasteiger partial charge in [-0.3, -0.25) is 4.98 Å². The van der Waals surface area contributed by atoms with E-state index in [1.165, 1.54) is 12.1 Å². The molecule has 112 valence electrons. The Bertz CT molecular complexity index is 753. The summed E-state index contributed by atoms with van der Waals surface area (Å²) in [6.07, 6.45) is 2.36. The van der Waals surface area contributed by atoms with Gasteiger partial charge in [-0.15, -0.1) is 11.3 Å². The molecule has 0 saturated heterocycles. The van der Waals surface area contributed by atoms with Gasteiger partial charge in [0.05, 0.1) is 12.2 Å². The minimum Gasteiger partial charge on any atom is -0.477 e. The summed E-state index contributed by atoms with van der Waals surface area (Å²) in [5.74, 6) is -1.14. The van der Waals surface area contributed by atoms with Crippen molar-refractivity contribution in [3.8, 4) is 0 Å². The first kappa shape index (κ1) is 15.6. The summed E-state index contributed by atoms with van der Waals surface area (Å²) in [4.78, 5) is 14.9. The monoisotopic (exact) mass is 326 g/mol. The SMILES string of the molecule is CCc1cccnc1CNS(=O)(=O)c1ccc(C(=O)O)s1. The van der Waals surface area contributed by atoms with Crippen LogP contribution in [-0.2, 0) is 23.0 Å². The van der Waals surface area contributed by atoms with Crippen LogP contribution in [0.4, 0.5) is 0 Å². The third-order valence-corrected chi connectivity index (χ3v) is 5.82. The molecule has 0 radical (unpaired) electrons. The van der Waals surface area contributed by atoms with Gasteiger partial charge in [0.2, 0.25) is 10.0 Å². The topological polar surface area (TPSA) is 96.4 Å². The molecule has 21 heavy (non-hydrogen) atoms. The molecule has 0 unspecified atom stereocenters. The highest BCUT2D eigenvalue weighted by molar-refractivity contribution is 7.91. The Hall–Kier alpha value is -1.77. The summed E-state index contributed by atoms with van der Waals surface area (Å²) in [6, 6.07) is 6.26. The highest BCUT2D eigenvalue weighted by Crippen LogP contribution is 2.21. The fraction of sp³-hybridized carbons (Fsp3) is 0.231. The zero-order valence-electron chi connectivity index (χ0n) is 11.2. The average Bonchev–Trinajstić information content (AvgIpc) is 2.96. The van der Waals surface area contributed by atoms with Gasteiger partial charge in [-0.25, -0.2) is 17.9 Å². The van der Waals surface area contributed by atoms with Crippen LogP contribution in [0.2, 0.25) is 0 Å². The molecule has 0 spiro atoms. The highest BCUT2D eigenvalue weighted by atomic mass is 32.2. The highest BCUT2D eigenvalue weighted by Gasteiger charge is 2.19. The Morgan fingerprint density at radius 3 is 2.76 bits per heavy atom. The van der Waals surface area contributed by atoms with Crippen molar-refractivity contribution in [1.29, 1.82) is 0 Å². The molecule has 8 heteroatoms. The quantitative estimate of drug-likeness (QED) is 0.845. The van der Waals surface area contributed by atoms with Crippen LogP contribution in [0.15, 0.2) is 34.7 Å². The van der Waals surface area contributed by atoms with Gasteiger partial charge in [0.1, 0.15) is 9.09 Å². The van der Waals surface area contributed by atoms with Crippen LogP contribution in [0.1, 0.15) is 27.9 Å². The largest absolute Gasteiger partial charge is 0.477 e. The lowest BCUT2D eigenvalue weighted by atomic mass is 10.1. The van der Waals surface area contributed by atoms with Crippen LogP contribution < -0.4 is 4.72 Å². The predicted octanol–water partition coefficient (Wildman–Crippen LogP) is 1.88. The van der Waals surface area contributed by atoms with Crippen molar-refractivity contribution in [1.82, 2.24) is 9.71 Å². The van der Waals surface area contributed by atoms with E-state index in [1.54, 1.807) is 12.3 Å². The molecule has 2 aromatic heterocycles. The van der Waals surface area contributed by atoms with E-state index < -0.39 is 16.0 Å². The third-order valence-electron chi connectivity index (χ3n) is 2.85. The first-order valence-corrected chi connectivity index (χ1v) is 8.49. The number of nitrogens with zero attached hydrogens (tertiary/aromatic N) is 1. The first-order valence-electron chi connectivity index (χ1n) is 6.19. The summed E-state index contributed by atoms with van der Waals surface area (Å²) >= 11 is 0.723. The summed E-state index contributed by atoms with van der Waals surface area (Å²) in [6.45, 7) is 2.04. The Kier molecular flexibility index (Phi) is 4.71. The van der Waals surface area contributed by atoms with E-state index >= 15 is 0 Å². The van der Waals surface area contributed by atoms with Gasteiger partial charge in [0.15, 0.2) is 0 Å². The molecule has 0 aliphatic rings. The average molecular weight is 326 g/mol. The molecule has 2 rings (SSSR count). The number of nitrogens with one attached hydrogen (secondary N) is 1. The van der Waals surface area contributed by atoms with Crippen LogP contribution in [-0.4, -0.2) is 24.5 Å². The van der Waals surface area contributed by atoms with Crippen molar-refractivity contribution >= 4 is 27.3 Å². The van der Waals surface area contributed by atoms with Gasteiger partial charge in [-0.2, -0.15) is 0 Å².